The van der Waals surface area contributed by atoms with E-state index >= 15 is 0 Å². The van der Waals surface area contributed by atoms with Gasteiger partial charge in [-0.2, -0.15) is 0 Å². The van der Waals surface area contributed by atoms with E-state index in [1.165, 1.54) is 0 Å². The summed E-state index contributed by atoms with van der Waals surface area (Å²) in [7, 11) is 0. The van der Waals surface area contributed by atoms with Crippen molar-refractivity contribution in [3.8, 4) is 0 Å². The molecule has 130 valence electrons. The van der Waals surface area contributed by atoms with E-state index < -0.39 is 72.5 Å². The minimum atomic E-state index is -3.79. The summed E-state index contributed by atoms with van der Waals surface area (Å²) < 4.78 is 128. The van der Waals surface area contributed by atoms with Crippen molar-refractivity contribution < 1.29 is 98.2 Å². The molecule has 0 aliphatic heterocycles. The Hall–Kier alpha value is 2.37. The van der Waals surface area contributed by atoms with E-state index in [1.54, 1.807) is 0 Å². The molecule has 0 saturated heterocycles. The van der Waals surface area contributed by atoms with Gasteiger partial charge in [-0.3, -0.25) is 0 Å². The minimum Gasteiger partial charge on any atom is 5.00 e. The maximum atomic E-state index is 8.54. The van der Waals surface area contributed by atoms with Crippen molar-refractivity contribution in [2.75, 3.05) is 0 Å². The molecule has 0 aromatic rings. The molecule has 0 heterocycles. The fourth-order valence-electron chi connectivity index (χ4n) is 0. The first-order chi connectivity index (χ1) is 8.66. The molecular weight excluding hydrogens is 737 g/mol. The van der Waals surface area contributed by atoms with Crippen LogP contribution in [-0.4, -0.2) is 72.5 Å². The van der Waals surface area contributed by atoms with Gasteiger partial charge >= 0.3 is 171 Å². The first-order valence-electron chi connectivity index (χ1n) is 2.50. The van der Waals surface area contributed by atoms with Crippen molar-refractivity contribution >= 4 is 72.5 Å². The molecule has 22 heavy (non-hydrogen) atoms. The Bertz CT molecular complexity index is 211. The summed E-state index contributed by atoms with van der Waals surface area (Å²) in [5.74, 6) is 0. The predicted molar refractivity (Wildman–Crippen MR) is 32.2 cm³/mol. The maximum Gasteiger partial charge on any atom is 5.00 e. The van der Waals surface area contributed by atoms with Crippen molar-refractivity contribution in [1.82, 2.24) is 0 Å². The molecule has 0 rings (SSSR count). The molecule has 15 nitrogen and oxygen atoms in total. The third-order valence-electron chi connectivity index (χ3n) is 0. The predicted octanol–water partition coefficient (Wildman–Crippen LogP) is -14.4. The van der Waals surface area contributed by atoms with Crippen molar-refractivity contribution in [2.24, 2.45) is 0 Å². The van der Waals surface area contributed by atoms with Crippen molar-refractivity contribution in [3.05, 3.63) is 0 Å². The van der Waals surface area contributed by atoms with Crippen LogP contribution >= 0.6 is 0 Å². The molecule has 0 spiro atoms. The van der Waals surface area contributed by atoms with Crippen LogP contribution in [0.1, 0.15) is 0 Å². The number of rotatable bonds is 0. The molecule has 0 aliphatic carbocycles. The Morgan fingerprint density at radius 1 is 0.318 bits per heavy atom. The topological polar surface area (TPSA) is 316 Å². The van der Waals surface area contributed by atoms with Crippen LogP contribution in [0.4, 0.5) is 0 Å². The van der Waals surface area contributed by atoms with Gasteiger partial charge in [-0.15, -0.1) is 0 Å². The van der Waals surface area contributed by atoms with Gasteiger partial charge in [0.05, 0.1) is 0 Å². The van der Waals surface area contributed by atoms with Crippen LogP contribution in [0, 0.1) is 0 Å². The summed E-state index contributed by atoms with van der Waals surface area (Å²) in [4.78, 5) is 0. The van der Waals surface area contributed by atoms with Crippen molar-refractivity contribution in [2.45, 2.75) is 0 Å². The van der Waals surface area contributed by atoms with Gasteiger partial charge in [0.15, 0.2) is 0 Å². The first-order valence-corrected chi connectivity index (χ1v) is 13.0. The van der Waals surface area contributed by atoms with Crippen LogP contribution in [0.2, 0.25) is 0 Å². The molecule has 0 radical (unpaired) electrons. The second-order valence-electron chi connectivity index (χ2n) is 1.02. The molecule has 0 N–H and O–H groups in total. The van der Waals surface area contributed by atoms with Gasteiger partial charge in [-0.1, -0.05) is 0 Å². The van der Waals surface area contributed by atoms with Crippen molar-refractivity contribution in [3.63, 3.8) is 0 Å². The van der Waals surface area contributed by atoms with Crippen LogP contribution in [-0.2, 0) is 56.3 Å². The normalized spacial score (nSPS) is 7.95. The molecule has 0 saturated carbocycles. The van der Waals surface area contributed by atoms with E-state index in [1.807, 2.05) is 0 Å². The molecule has 0 aliphatic rings. The smallest absolute Gasteiger partial charge is 5.00 e. The zero-order chi connectivity index (χ0) is 17.9. The Morgan fingerprint density at radius 3 is 0.318 bits per heavy atom. The molecule has 0 aromatic heterocycles. The molecule has 0 fully saturated rings. The fourth-order valence-corrected chi connectivity index (χ4v) is 0. The number of hydrogen-bond acceptors (Lipinski definition) is 15. The van der Waals surface area contributed by atoms with Crippen LogP contribution < -0.4 is 41.9 Å². The summed E-state index contributed by atoms with van der Waals surface area (Å²) >= 11 is -19.0. The van der Waals surface area contributed by atoms with Gasteiger partial charge in [-0.05, 0) is 0 Å². The van der Waals surface area contributed by atoms with E-state index in [4.69, 9.17) is 61.1 Å². The molecule has 0 amide bonds. The Balaban J connectivity index is -0.0000000250. The molecular formula is O15Se5V2. The van der Waals surface area contributed by atoms with E-state index in [9.17, 15) is 0 Å². The monoisotopic (exact) mass is 741 g/mol. The number of hydrogen-bond donors (Lipinski definition) is 0. The zero-order valence-corrected chi connectivity index (χ0v) is 20.4. The molecule has 0 aromatic carbocycles. The SMILES string of the molecule is O=[Se]([O-])[O-].O=[Se]([O-])[O-].O=[Se]([O-])[O-].O=[Se]([O-])[O-].O=[Se]([O-])[O-].[V+5].[V+5]. The van der Waals surface area contributed by atoms with Gasteiger partial charge in [0.25, 0.3) is 0 Å². The molecule has 0 bridgehead atoms. The van der Waals surface area contributed by atoms with E-state index in [0.29, 0.717) is 0 Å². The maximum absolute atomic E-state index is 8.54. The summed E-state index contributed by atoms with van der Waals surface area (Å²) in [6, 6.07) is 0. The van der Waals surface area contributed by atoms with E-state index in [0.717, 1.165) is 0 Å². The third-order valence-corrected chi connectivity index (χ3v) is 0. The summed E-state index contributed by atoms with van der Waals surface area (Å²) in [5.41, 5.74) is 0. The summed E-state index contributed by atoms with van der Waals surface area (Å²) in [6.45, 7) is 0. The van der Waals surface area contributed by atoms with Crippen molar-refractivity contribution in [1.29, 1.82) is 0 Å². The zero-order valence-electron chi connectivity index (χ0n) is 9.06. The molecule has 0 unspecified atom stereocenters. The van der Waals surface area contributed by atoms with Crippen LogP contribution in [0.5, 0.6) is 0 Å². The van der Waals surface area contributed by atoms with Gasteiger partial charge in [0.2, 0.25) is 0 Å². The Labute approximate surface area is 169 Å². The summed E-state index contributed by atoms with van der Waals surface area (Å²) in [6.07, 6.45) is 0. The van der Waals surface area contributed by atoms with Crippen LogP contribution in [0.25, 0.3) is 0 Å². The second kappa shape index (κ2) is 38.8. The first kappa shape index (κ1) is 44.1. The van der Waals surface area contributed by atoms with E-state index in [-0.39, 0.29) is 37.1 Å². The van der Waals surface area contributed by atoms with E-state index in [2.05, 4.69) is 0 Å². The molecule has 22 heteroatoms. The van der Waals surface area contributed by atoms with Crippen LogP contribution in [0.3, 0.4) is 0 Å². The average Bonchev–Trinajstić information content (AvgIpc) is 1.94. The van der Waals surface area contributed by atoms with Gasteiger partial charge in [-0.25, -0.2) is 0 Å². The largest absolute Gasteiger partial charge is 5.00 e. The average molecular weight is 737 g/mol. The second-order valence-corrected chi connectivity index (χ2v) is 5.30. The Morgan fingerprint density at radius 2 is 0.318 bits per heavy atom. The quantitative estimate of drug-likeness (QED) is 0.208. The minimum absolute atomic E-state index is 0. The summed E-state index contributed by atoms with van der Waals surface area (Å²) in [5, 5.41) is 0. The fraction of sp³-hybridized carbons (Fsp3) is 0. The standard InChI is InChI=1S/5H2O3Se.2V/c5*1-4(2)3;;/h5*(H2,1,2,3);;/q;;;;;2*+5/p-10. The van der Waals surface area contributed by atoms with Crippen LogP contribution in [0.15, 0.2) is 0 Å². The van der Waals surface area contributed by atoms with Gasteiger partial charge in [0.1, 0.15) is 0 Å². The Kier molecular flexibility index (Phi) is 77.7. The third kappa shape index (κ3) is 1820. The van der Waals surface area contributed by atoms with Gasteiger partial charge in [0, 0.05) is 0 Å². The molecule has 0 atom stereocenters. The van der Waals surface area contributed by atoms with Gasteiger partial charge < -0.3 is 0 Å².